The molecule has 0 amide bonds. The summed E-state index contributed by atoms with van der Waals surface area (Å²) in [5.74, 6) is 0. The second-order valence-electron chi connectivity index (χ2n) is 13.5. The lowest BCUT2D eigenvalue weighted by Gasteiger charge is -2.21. The van der Waals surface area contributed by atoms with Crippen LogP contribution in [0.15, 0.2) is 176 Å². The van der Waals surface area contributed by atoms with E-state index in [-0.39, 0.29) is 0 Å². The number of hydrogen-bond acceptors (Lipinski definition) is 0. The fourth-order valence-corrected chi connectivity index (χ4v) is 8.34. The Bertz CT molecular complexity index is 3060. The van der Waals surface area contributed by atoms with Gasteiger partial charge in [0.05, 0.1) is 5.56 Å². The minimum atomic E-state index is -4.44. The van der Waals surface area contributed by atoms with Crippen molar-refractivity contribution in [3.8, 4) is 33.4 Å². The molecule has 0 fully saturated rings. The molecule has 10 aromatic carbocycles. The van der Waals surface area contributed by atoms with Crippen molar-refractivity contribution in [2.45, 2.75) is 6.18 Å². The second-order valence-corrected chi connectivity index (χ2v) is 13.5. The normalized spacial score (nSPS) is 12.1. The fourth-order valence-electron chi connectivity index (χ4n) is 8.34. The molecule has 52 heavy (non-hydrogen) atoms. The molecule has 246 valence electrons. The van der Waals surface area contributed by atoms with E-state index in [1.165, 1.54) is 28.3 Å². The van der Waals surface area contributed by atoms with Gasteiger partial charge in [-0.3, -0.25) is 0 Å². The van der Waals surface area contributed by atoms with Gasteiger partial charge in [0, 0.05) is 0 Å². The first-order valence-electron chi connectivity index (χ1n) is 17.4. The van der Waals surface area contributed by atoms with Crippen molar-refractivity contribution in [3.05, 3.63) is 181 Å². The molecule has 0 nitrogen and oxygen atoms in total. The van der Waals surface area contributed by atoms with E-state index >= 15 is 0 Å². The van der Waals surface area contributed by atoms with Gasteiger partial charge >= 0.3 is 6.18 Å². The van der Waals surface area contributed by atoms with Gasteiger partial charge in [0.1, 0.15) is 0 Å². The van der Waals surface area contributed by atoms with E-state index in [2.05, 4.69) is 146 Å². The predicted molar refractivity (Wildman–Crippen MR) is 213 cm³/mol. The monoisotopic (exact) mass is 674 g/mol. The van der Waals surface area contributed by atoms with Gasteiger partial charge in [0.2, 0.25) is 0 Å². The van der Waals surface area contributed by atoms with Crippen molar-refractivity contribution in [1.29, 1.82) is 0 Å². The number of rotatable bonds is 3. The average molecular weight is 675 g/mol. The van der Waals surface area contributed by atoms with E-state index < -0.39 is 11.7 Å². The number of fused-ring (bicyclic) bond motifs is 8. The zero-order valence-corrected chi connectivity index (χ0v) is 27.9. The summed E-state index contributed by atoms with van der Waals surface area (Å²) in [6.07, 6.45) is -4.44. The molecule has 0 aromatic heterocycles. The van der Waals surface area contributed by atoms with Crippen LogP contribution in [0.3, 0.4) is 0 Å². The van der Waals surface area contributed by atoms with Crippen molar-refractivity contribution in [2.24, 2.45) is 0 Å². The summed E-state index contributed by atoms with van der Waals surface area (Å²) in [6.45, 7) is 0. The standard InChI is InChI=1S/C49H29F3/c50-49(51,52)34-15-11-14-30(26-34)31-24-25-43-46(27-31)48(45-29-33-13-2-4-17-36(33)38-19-6-8-21-40(38)45)42-23-10-9-22-41(42)47(43)44-28-32-12-1-3-16-35(32)37-18-5-7-20-39(37)44/h1-29H. The number of halogens is 3. The number of benzene rings is 10. The van der Waals surface area contributed by atoms with Crippen LogP contribution in [0, 0.1) is 0 Å². The lowest BCUT2D eigenvalue weighted by atomic mass is 9.81. The Balaban J connectivity index is 1.40. The lowest BCUT2D eigenvalue weighted by molar-refractivity contribution is -0.137. The summed E-state index contributed by atoms with van der Waals surface area (Å²) in [5.41, 5.74) is 4.98. The fraction of sp³-hybridized carbons (Fsp3) is 0.0204. The van der Waals surface area contributed by atoms with Gasteiger partial charge in [0.25, 0.3) is 0 Å². The first-order valence-corrected chi connectivity index (χ1v) is 17.4. The highest BCUT2D eigenvalue weighted by molar-refractivity contribution is 6.28. The average Bonchev–Trinajstić information content (AvgIpc) is 3.19. The Hall–Kier alpha value is -6.45. The molecule has 0 aliphatic rings. The molecule has 0 bridgehead atoms. The molecule has 0 saturated carbocycles. The highest BCUT2D eigenvalue weighted by Gasteiger charge is 2.30. The zero-order valence-electron chi connectivity index (χ0n) is 27.9. The molecule has 10 rings (SSSR count). The molecule has 0 saturated heterocycles. The maximum absolute atomic E-state index is 14.0. The summed E-state index contributed by atoms with van der Waals surface area (Å²) in [4.78, 5) is 0. The van der Waals surface area contributed by atoms with Gasteiger partial charge in [0.15, 0.2) is 0 Å². The van der Waals surface area contributed by atoms with Crippen LogP contribution in [-0.4, -0.2) is 0 Å². The molecule has 0 N–H and O–H groups in total. The quantitative estimate of drug-likeness (QED) is 0.129. The van der Waals surface area contributed by atoms with Gasteiger partial charge in [-0.1, -0.05) is 146 Å². The van der Waals surface area contributed by atoms with E-state index in [0.29, 0.717) is 5.56 Å². The number of alkyl halides is 3. The van der Waals surface area contributed by atoms with Crippen LogP contribution < -0.4 is 0 Å². The Morgan fingerprint density at radius 2 is 0.712 bits per heavy atom. The van der Waals surface area contributed by atoms with E-state index in [0.717, 1.165) is 82.4 Å². The smallest absolute Gasteiger partial charge is 0.166 e. The molecule has 3 heteroatoms. The van der Waals surface area contributed by atoms with Crippen LogP contribution in [0.5, 0.6) is 0 Å². The topological polar surface area (TPSA) is 0 Å². The molecular weight excluding hydrogens is 646 g/mol. The van der Waals surface area contributed by atoms with E-state index in [1.807, 2.05) is 6.07 Å². The first kappa shape index (κ1) is 30.4. The van der Waals surface area contributed by atoms with E-state index in [4.69, 9.17) is 0 Å². The van der Waals surface area contributed by atoms with E-state index in [1.54, 1.807) is 6.07 Å². The van der Waals surface area contributed by atoms with Gasteiger partial charge in [-0.05, 0) is 128 Å². The molecule has 0 spiro atoms. The summed E-state index contributed by atoms with van der Waals surface area (Å²) in [6, 6.07) is 59.0. The Morgan fingerprint density at radius 3 is 1.25 bits per heavy atom. The van der Waals surface area contributed by atoms with Gasteiger partial charge in [-0.25, -0.2) is 0 Å². The molecule has 0 unspecified atom stereocenters. The van der Waals surface area contributed by atoms with Crippen LogP contribution in [-0.2, 0) is 6.18 Å². The molecule has 0 radical (unpaired) electrons. The Kier molecular flexibility index (Phi) is 6.74. The zero-order chi connectivity index (χ0) is 35.0. The molecule has 0 atom stereocenters. The van der Waals surface area contributed by atoms with Crippen molar-refractivity contribution >= 4 is 64.6 Å². The third kappa shape index (κ3) is 4.70. The summed E-state index contributed by atoms with van der Waals surface area (Å²) < 4.78 is 41.9. The van der Waals surface area contributed by atoms with Crippen LogP contribution in [0.4, 0.5) is 13.2 Å². The van der Waals surface area contributed by atoms with Crippen molar-refractivity contribution < 1.29 is 13.2 Å². The van der Waals surface area contributed by atoms with Crippen LogP contribution >= 0.6 is 0 Å². The van der Waals surface area contributed by atoms with Crippen LogP contribution in [0.1, 0.15) is 5.56 Å². The van der Waals surface area contributed by atoms with Crippen molar-refractivity contribution in [2.75, 3.05) is 0 Å². The summed E-state index contributed by atoms with van der Waals surface area (Å²) in [5, 5.41) is 13.5. The van der Waals surface area contributed by atoms with Gasteiger partial charge in [-0.15, -0.1) is 0 Å². The molecule has 0 heterocycles. The SMILES string of the molecule is FC(F)(F)c1cccc(-c2ccc3c(-c4cc5ccccc5c5ccccc45)c4ccccc4c(-c4cc5ccccc5c5ccccc45)c3c2)c1. The third-order valence-corrected chi connectivity index (χ3v) is 10.6. The number of hydrogen-bond donors (Lipinski definition) is 0. The Morgan fingerprint density at radius 1 is 0.288 bits per heavy atom. The minimum absolute atomic E-state index is 0.525. The third-order valence-electron chi connectivity index (χ3n) is 10.6. The maximum Gasteiger partial charge on any atom is 0.416 e. The van der Waals surface area contributed by atoms with Gasteiger partial charge < -0.3 is 0 Å². The second kappa shape index (κ2) is 11.5. The molecule has 0 aliphatic carbocycles. The van der Waals surface area contributed by atoms with Crippen molar-refractivity contribution in [1.82, 2.24) is 0 Å². The summed E-state index contributed by atoms with van der Waals surface area (Å²) >= 11 is 0. The largest absolute Gasteiger partial charge is 0.416 e. The molecule has 10 aromatic rings. The van der Waals surface area contributed by atoms with Crippen LogP contribution in [0.2, 0.25) is 0 Å². The first-order chi connectivity index (χ1) is 25.4. The van der Waals surface area contributed by atoms with Crippen LogP contribution in [0.25, 0.3) is 98.0 Å². The summed E-state index contributed by atoms with van der Waals surface area (Å²) in [7, 11) is 0. The maximum atomic E-state index is 14.0. The minimum Gasteiger partial charge on any atom is -0.166 e. The van der Waals surface area contributed by atoms with Crippen molar-refractivity contribution in [3.63, 3.8) is 0 Å². The molecule has 0 aliphatic heterocycles. The van der Waals surface area contributed by atoms with E-state index in [9.17, 15) is 13.2 Å². The van der Waals surface area contributed by atoms with Gasteiger partial charge in [-0.2, -0.15) is 13.2 Å². The predicted octanol–water partition coefficient (Wildman–Crippen LogP) is 14.6. The highest BCUT2D eigenvalue weighted by Crippen LogP contribution is 2.49. The lowest BCUT2D eigenvalue weighted by Crippen LogP contribution is -2.04. The Labute approximate surface area is 298 Å². The highest BCUT2D eigenvalue weighted by atomic mass is 19.4. The molecular formula is C49H29F3.